The van der Waals surface area contributed by atoms with Crippen LogP contribution in [0.3, 0.4) is 0 Å². The first-order chi connectivity index (χ1) is 11.4. The number of non-ortho nitro benzene ring substituents is 1. The molecule has 0 atom stereocenters. The van der Waals surface area contributed by atoms with Crippen molar-refractivity contribution in [1.29, 1.82) is 0 Å². The quantitative estimate of drug-likeness (QED) is 0.313. The van der Waals surface area contributed by atoms with E-state index in [1.807, 2.05) is 0 Å². The highest BCUT2D eigenvalue weighted by molar-refractivity contribution is 9.10. The van der Waals surface area contributed by atoms with E-state index in [1.165, 1.54) is 28.8 Å². The lowest BCUT2D eigenvalue weighted by molar-refractivity contribution is -0.384. The van der Waals surface area contributed by atoms with Gasteiger partial charge < -0.3 is 4.42 Å². The summed E-state index contributed by atoms with van der Waals surface area (Å²) in [5.41, 5.74) is 0.673. The van der Waals surface area contributed by atoms with E-state index in [2.05, 4.69) is 15.9 Å². The van der Waals surface area contributed by atoms with Gasteiger partial charge in [-0.2, -0.15) is 0 Å². The Kier molecular flexibility index (Phi) is 4.57. The number of nitro benzene ring substituents is 1. The Morgan fingerprint density at radius 3 is 2.71 bits per heavy atom. The minimum atomic E-state index is -0.463. The summed E-state index contributed by atoms with van der Waals surface area (Å²) in [7, 11) is 1.63. The van der Waals surface area contributed by atoms with Gasteiger partial charge in [0.05, 0.1) is 9.83 Å². The Balaban J connectivity index is 1.91. The molecule has 9 heteroatoms. The van der Waals surface area contributed by atoms with Crippen molar-refractivity contribution in [3.8, 4) is 11.3 Å². The van der Waals surface area contributed by atoms with Crippen molar-refractivity contribution in [3.05, 3.63) is 55.6 Å². The van der Waals surface area contributed by atoms with E-state index < -0.39 is 4.92 Å². The highest BCUT2D eigenvalue weighted by Gasteiger charge is 2.29. The number of likely N-dealkylation sites (N-methyl/N-ethyl adjacent to an activating group) is 1. The van der Waals surface area contributed by atoms with E-state index in [4.69, 9.17) is 16.6 Å². The molecule has 1 saturated heterocycles. The zero-order valence-corrected chi connectivity index (χ0v) is 15.4. The molecule has 0 radical (unpaired) electrons. The number of amides is 1. The number of nitrogens with zero attached hydrogens (tertiary/aromatic N) is 2. The number of carbonyl (C=O) groups is 1. The summed E-state index contributed by atoms with van der Waals surface area (Å²) in [4.78, 5) is 24.2. The SMILES string of the molecule is CN1C(=O)/C(=C/c2ccc(-c3ccc([N+](=O)[O-])cc3Br)o2)SC1=S. The van der Waals surface area contributed by atoms with Gasteiger partial charge in [-0.1, -0.05) is 24.0 Å². The van der Waals surface area contributed by atoms with Crippen LogP contribution in [-0.2, 0) is 4.79 Å². The molecule has 1 fully saturated rings. The average Bonchev–Trinajstić information content (AvgIpc) is 3.08. The summed E-state index contributed by atoms with van der Waals surface area (Å²) in [6, 6.07) is 7.90. The Hall–Kier alpha value is -1.97. The predicted molar refractivity (Wildman–Crippen MR) is 99.4 cm³/mol. The second-order valence-corrected chi connectivity index (χ2v) is 7.39. The van der Waals surface area contributed by atoms with Crippen LogP contribution in [0.15, 0.2) is 44.1 Å². The topological polar surface area (TPSA) is 76.6 Å². The number of carbonyl (C=O) groups excluding carboxylic acids is 1. The molecule has 1 aliphatic rings. The summed E-state index contributed by atoms with van der Waals surface area (Å²) in [5.74, 6) is 0.874. The van der Waals surface area contributed by atoms with E-state index in [0.29, 0.717) is 30.8 Å². The third-order valence-electron chi connectivity index (χ3n) is 3.32. The predicted octanol–water partition coefficient (Wildman–Crippen LogP) is 4.45. The molecule has 1 aromatic heterocycles. The fourth-order valence-electron chi connectivity index (χ4n) is 2.07. The lowest BCUT2D eigenvalue weighted by atomic mass is 10.1. The van der Waals surface area contributed by atoms with E-state index in [0.717, 1.165) is 0 Å². The van der Waals surface area contributed by atoms with E-state index in [1.54, 1.807) is 31.3 Å². The van der Waals surface area contributed by atoms with Crippen molar-refractivity contribution in [1.82, 2.24) is 4.90 Å². The van der Waals surface area contributed by atoms with Crippen molar-refractivity contribution in [3.63, 3.8) is 0 Å². The van der Waals surface area contributed by atoms with Crippen molar-refractivity contribution < 1.29 is 14.1 Å². The van der Waals surface area contributed by atoms with Crippen LogP contribution in [-0.4, -0.2) is 27.1 Å². The summed E-state index contributed by atoms with van der Waals surface area (Å²) in [5, 5.41) is 10.8. The summed E-state index contributed by atoms with van der Waals surface area (Å²) in [6.07, 6.45) is 1.63. The maximum atomic E-state index is 12.0. The van der Waals surface area contributed by atoms with Crippen LogP contribution >= 0.6 is 39.9 Å². The summed E-state index contributed by atoms with van der Waals surface area (Å²) < 4.78 is 6.78. The van der Waals surface area contributed by atoms with Crippen LogP contribution in [0.4, 0.5) is 5.69 Å². The Labute approximate surface area is 154 Å². The van der Waals surface area contributed by atoms with Crippen molar-refractivity contribution in [2.75, 3.05) is 7.05 Å². The highest BCUT2D eigenvalue weighted by Crippen LogP contribution is 2.35. The van der Waals surface area contributed by atoms with E-state index in [-0.39, 0.29) is 11.6 Å². The first-order valence-corrected chi connectivity index (χ1v) is 8.64. The molecule has 24 heavy (non-hydrogen) atoms. The lowest BCUT2D eigenvalue weighted by Crippen LogP contribution is -2.22. The largest absolute Gasteiger partial charge is 0.457 e. The molecule has 0 bridgehead atoms. The smallest absolute Gasteiger partial charge is 0.270 e. The zero-order chi connectivity index (χ0) is 17.4. The van der Waals surface area contributed by atoms with Crippen LogP contribution in [0.5, 0.6) is 0 Å². The van der Waals surface area contributed by atoms with Gasteiger partial charge in [0, 0.05) is 35.3 Å². The van der Waals surface area contributed by atoms with Crippen molar-refractivity contribution in [2.24, 2.45) is 0 Å². The maximum Gasteiger partial charge on any atom is 0.270 e. The van der Waals surface area contributed by atoms with Gasteiger partial charge in [0.25, 0.3) is 11.6 Å². The zero-order valence-electron chi connectivity index (χ0n) is 12.2. The van der Waals surface area contributed by atoms with Crippen molar-refractivity contribution >= 4 is 61.9 Å². The van der Waals surface area contributed by atoms with E-state index in [9.17, 15) is 14.9 Å². The summed E-state index contributed by atoms with van der Waals surface area (Å²) >= 11 is 9.61. The second-order valence-electron chi connectivity index (χ2n) is 4.86. The molecule has 3 rings (SSSR count). The molecular formula is C15H9BrN2O4S2. The minimum Gasteiger partial charge on any atom is -0.457 e. The Bertz CT molecular complexity index is 907. The number of halogens is 1. The van der Waals surface area contributed by atoms with Crippen LogP contribution in [0.1, 0.15) is 5.76 Å². The first kappa shape index (κ1) is 16.9. The number of hydrogen-bond donors (Lipinski definition) is 0. The van der Waals surface area contributed by atoms with Gasteiger partial charge in [-0.3, -0.25) is 19.8 Å². The van der Waals surface area contributed by atoms with Gasteiger partial charge in [0.15, 0.2) is 0 Å². The number of rotatable bonds is 3. The number of thiocarbonyl (C=S) groups is 1. The average molecular weight is 425 g/mol. The molecule has 0 spiro atoms. The number of furan rings is 1. The molecule has 122 valence electrons. The van der Waals surface area contributed by atoms with Gasteiger partial charge in [-0.25, -0.2) is 0 Å². The number of hydrogen-bond acceptors (Lipinski definition) is 6. The minimum absolute atomic E-state index is 0.0102. The molecule has 0 N–H and O–H groups in total. The normalized spacial score (nSPS) is 16.2. The fourth-order valence-corrected chi connectivity index (χ4v) is 3.79. The van der Waals surface area contributed by atoms with Gasteiger partial charge in [0.1, 0.15) is 15.8 Å². The third-order valence-corrected chi connectivity index (χ3v) is 5.46. The highest BCUT2D eigenvalue weighted by atomic mass is 79.9. The maximum absolute atomic E-state index is 12.0. The van der Waals surface area contributed by atoms with Crippen molar-refractivity contribution in [2.45, 2.75) is 0 Å². The molecule has 1 aromatic carbocycles. The third kappa shape index (κ3) is 3.14. The van der Waals surface area contributed by atoms with Crippen LogP contribution in [0.2, 0.25) is 0 Å². The Morgan fingerprint density at radius 2 is 2.12 bits per heavy atom. The van der Waals surface area contributed by atoms with Gasteiger partial charge >= 0.3 is 0 Å². The molecule has 2 heterocycles. The van der Waals surface area contributed by atoms with Crippen LogP contribution < -0.4 is 0 Å². The molecule has 0 aliphatic carbocycles. The molecule has 0 unspecified atom stereocenters. The standard InChI is InChI=1S/C15H9BrN2O4S2/c1-17-14(19)13(24-15(17)23)7-9-3-5-12(22-9)10-4-2-8(18(20)21)6-11(10)16/h2-7H,1H3/b13-7-. The lowest BCUT2D eigenvalue weighted by Gasteiger charge is -2.03. The van der Waals surface area contributed by atoms with Crippen LogP contribution in [0, 0.1) is 10.1 Å². The van der Waals surface area contributed by atoms with Gasteiger partial charge in [0.2, 0.25) is 0 Å². The molecule has 1 amide bonds. The molecule has 2 aromatic rings. The van der Waals surface area contributed by atoms with Gasteiger partial charge in [-0.15, -0.1) is 0 Å². The van der Waals surface area contributed by atoms with Gasteiger partial charge in [-0.05, 0) is 34.1 Å². The monoisotopic (exact) mass is 424 g/mol. The van der Waals surface area contributed by atoms with Crippen LogP contribution in [0.25, 0.3) is 17.4 Å². The number of nitro groups is 1. The number of benzene rings is 1. The second kappa shape index (κ2) is 6.50. The molecule has 0 saturated carbocycles. The molecular weight excluding hydrogens is 416 g/mol. The molecule has 6 nitrogen and oxygen atoms in total. The van der Waals surface area contributed by atoms with E-state index >= 15 is 0 Å². The summed E-state index contributed by atoms with van der Waals surface area (Å²) in [6.45, 7) is 0. The Morgan fingerprint density at radius 1 is 1.38 bits per heavy atom. The number of thioether (sulfide) groups is 1. The molecule has 1 aliphatic heterocycles. The first-order valence-electron chi connectivity index (χ1n) is 6.62. The fraction of sp³-hybridized carbons (Fsp3) is 0.0667.